The molecule has 1 aromatic rings. The molecule has 7 nitrogen and oxygen atoms in total. The molecule has 0 amide bonds. The third-order valence-corrected chi connectivity index (χ3v) is 5.61. The monoisotopic (exact) mass is 370 g/mol. The summed E-state index contributed by atoms with van der Waals surface area (Å²) in [5.41, 5.74) is 0.336. The van der Waals surface area contributed by atoms with Crippen molar-refractivity contribution >= 4 is 21.7 Å². The Bertz CT molecular complexity index is 684. The van der Waals surface area contributed by atoms with E-state index in [0.717, 1.165) is 38.7 Å². The fourth-order valence-electron chi connectivity index (χ4n) is 2.72. The molecule has 1 fully saturated rings. The summed E-state index contributed by atoms with van der Waals surface area (Å²) in [7, 11) is -3.71. The second-order valence-corrected chi connectivity index (χ2v) is 7.90. The zero-order valence-corrected chi connectivity index (χ0v) is 15.3. The Morgan fingerprint density at radius 1 is 1.36 bits per heavy atom. The first-order valence-electron chi connectivity index (χ1n) is 8.66. The normalized spacial score (nSPS) is 17.6. The van der Waals surface area contributed by atoms with Crippen molar-refractivity contribution in [3.8, 4) is 0 Å². The van der Waals surface area contributed by atoms with Gasteiger partial charge in [0.1, 0.15) is 0 Å². The Morgan fingerprint density at radius 2 is 2.16 bits per heavy atom. The lowest BCUT2D eigenvalue weighted by atomic mass is 10.1. The Morgan fingerprint density at radius 3 is 2.80 bits per heavy atom. The molecule has 8 heteroatoms. The van der Waals surface area contributed by atoms with Gasteiger partial charge in [0.15, 0.2) is 0 Å². The largest absolute Gasteiger partial charge is 0.478 e. The first-order valence-corrected chi connectivity index (χ1v) is 10.1. The summed E-state index contributed by atoms with van der Waals surface area (Å²) in [5, 5.41) is 12.5. The summed E-state index contributed by atoms with van der Waals surface area (Å²) in [4.78, 5) is 11.5. The Labute approximate surface area is 148 Å². The van der Waals surface area contributed by atoms with Crippen molar-refractivity contribution in [1.82, 2.24) is 4.72 Å². The number of anilines is 1. The van der Waals surface area contributed by atoms with E-state index in [1.165, 1.54) is 18.2 Å². The van der Waals surface area contributed by atoms with Gasteiger partial charge in [-0.2, -0.15) is 0 Å². The summed E-state index contributed by atoms with van der Waals surface area (Å²) >= 11 is 0. The van der Waals surface area contributed by atoms with Gasteiger partial charge in [0, 0.05) is 25.4 Å². The molecule has 1 heterocycles. The molecule has 0 radical (unpaired) electrons. The third kappa shape index (κ3) is 5.69. The Balaban J connectivity index is 2.09. The first kappa shape index (κ1) is 19.7. The van der Waals surface area contributed by atoms with Crippen LogP contribution in [0.2, 0.25) is 0 Å². The summed E-state index contributed by atoms with van der Waals surface area (Å²) in [6.07, 6.45) is 4.68. The molecule has 1 unspecified atom stereocenters. The van der Waals surface area contributed by atoms with Gasteiger partial charge in [-0.25, -0.2) is 17.9 Å². The van der Waals surface area contributed by atoms with Crippen molar-refractivity contribution < 1.29 is 23.1 Å². The highest BCUT2D eigenvalue weighted by Crippen LogP contribution is 2.22. The van der Waals surface area contributed by atoms with Gasteiger partial charge in [-0.3, -0.25) is 0 Å². The highest BCUT2D eigenvalue weighted by molar-refractivity contribution is 7.89. The van der Waals surface area contributed by atoms with Gasteiger partial charge >= 0.3 is 5.97 Å². The van der Waals surface area contributed by atoms with E-state index in [-0.39, 0.29) is 16.6 Å². The molecule has 3 N–H and O–H groups in total. The maximum absolute atomic E-state index is 12.3. The van der Waals surface area contributed by atoms with E-state index < -0.39 is 16.0 Å². The van der Waals surface area contributed by atoms with Crippen LogP contribution in [0.25, 0.3) is 0 Å². The van der Waals surface area contributed by atoms with Crippen LogP contribution in [0, 0.1) is 0 Å². The van der Waals surface area contributed by atoms with E-state index >= 15 is 0 Å². The van der Waals surface area contributed by atoms with Gasteiger partial charge in [-0.15, -0.1) is 0 Å². The number of unbranched alkanes of at least 4 members (excludes halogenated alkanes) is 2. The fraction of sp³-hybridized carbons (Fsp3) is 0.588. The zero-order chi connectivity index (χ0) is 18.3. The average molecular weight is 370 g/mol. The van der Waals surface area contributed by atoms with Crippen LogP contribution in [0.3, 0.4) is 0 Å². The number of carboxylic acid groups (broad SMARTS) is 1. The standard InChI is InChI=1S/C17H26N2O5S/c1-2-3-4-9-19-25(22,23)14-7-8-16(15(11-14)17(20)21)18-12-13-6-5-10-24-13/h7-8,11,13,18-19H,2-6,9-10,12H2,1H3,(H,20,21). The quantitative estimate of drug-likeness (QED) is 0.547. The third-order valence-electron chi connectivity index (χ3n) is 4.15. The molecule has 0 spiro atoms. The number of carboxylic acids is 1. The van der Waals surface area contributed by atoms with Crippen molar-refractivity contribution in [3.05, 3.63) is 23.8 Å². The highest BCUT2D eigenvalue weighted by atomic mass is 32.2. The average Bonchev–Trinajstić information content (AvgIpc) is 3.10. The lowest BCUT2D eigenvalue weighted by Gasteiger charge is -2.15. The minimum absolute atomic E-state index is 0.0379. The van der Waals surface area contributed by atoms with Crippen molar-refractivity contribution in [1.29, 1.82) is 0 Å². The number of ether oxygens (including phenoxy) is 1. The molecular formula is C17H26N2O5S. The molecule has 0 aromatic heterocycles. The van der Waals surface area contributed by atoms with E-state index in [4.69, 9.17) is 4.74 Å². The number of aromatic carboxylic acids is 1. The van der Waals surface area contributed by atoms with Crippen molar-refractivity contribution in [2.45, 2.75) is 50.0 Å². The molecule has 2 rings (SSSR count). The van der Waals surface area contributed by atoms with E-state index in [1.54, 1.807) is 0 Å². The van der Waals surface area contributed by atoms with Crippen LogP contribution in [0.15, 0.2) is 23.1 Å². The van der Waals surface area contributed by atoms with E-state index in [0.29, 0.717) is 18.8 Å². The molecule has 140 valence electrons. The smallest absolute Gasteiger partial charge is 0.337 e. The maximum Gasteiger partial charge on any atom is 0.337 e. The van der Waals surface area contributed by atoms with E-state index in [1.807, 2.05) is 6.92 Å². The maximum atomic E-state index is 12.3. The van der Waals surface area contributed by atoms with E-state index in [9.17, 15) is 18.3 Å². The van der Waals surface area contributed by atoms with Crippen LogP contribution in [-0.2, 0) is 14.8 Å². The van der Waals surface area contributed by atoms with Gasteiger partial charge in [-0.1, -0.05) is 19.8 Å². The van der Waals surface area contributed by atoms with Gasteiger partial charge in [0.2, 0.25) is 10.0 Å². The molecule has 0 saturated carbocycles. The first-order chi connectivity index (χ1) is 11.9. The summed E-state index contributed by atoms with van der Waals surface area (Å²) < 4.78 is 32.6. The summed E-state index contributed by atoms with van der Waals surface area (Å²) in [6, 6.07) is 4.12. The zero-order valence-electron chi connectivity index (χ0n) is 14.5. The molecule has 0 bridgehead atoms. The van der Waals surface area contributed by atoms with Crippen molar-refractivity contribution in [2.75, 3.05) is 25.0 Å². The molecule has 1 aromatic carbocycles. The predicted molar refractivity (Wildman–Crippen MR) is 95.6 cm³/mol. The number of carbonyl (C=O) groups is 1. The number of hydrogen-bond donors (Lipinski definition) is 3. The number of benzene rings is 1. The Hall–Kier alpha value is -1.64. The summed E-state index contributed by atoms with van der Waals surface area (Å²) in [5.74, 6) is -1.17. The van der Waals surface area contributed by atoms with Gasteiger partial charge < -0.3 is 15.2 Å². The van der Waals surface area contributed by atoms with Crippen LogP contribution < -0.4 is 10.0 Å². The molecule has 0 aliphatic carbocycles. The molecule has 1 aliphatic heterocycles. The lowest BCUT2D eigenvalue weighted by molar-refractivity contribution is 0.0697. The number of rotatable bonds is 10. The van der Waals surface area contributed by atoms with E-state index in [2.05, 4.69) is 10.0 Å². The Kier molecular flexibility index (Phi) is 7.22. The van der Waals surface area contributed by atoms with Crippen LogP contribution in [-0.4, -0.2) is 45.3 Å². The van der Waals surface area contributed by atoms with Crippen LogP contribution in [0.5, 0.6) is 0 Å². The van der Waals surface area contributed by atoms with Crippen LogP contribution >= 0.6 is 0 Å². The number of hydrogen-bond acceptors (Lipinski definition) is 5. The molecule has 25 heavy (non-hydrogen) atoms. The number of sulfonamides is 1. The van der Waals surface area contributed by atoms with Gasteiger partial charge in [0.05, 0.1) is 16.6 Å². The molecule has 1 aliphatic rings. The molecular weight excluding hydrogens is 344 g/mol. The molecule has 1 saturated heterocycles. The van der Waals surface area contributed by atoms with Crippen molar-refractivity contribution in [2.24, 2.45) is 0 Å². The highest BCUT2D eigenvalue weighted by Gasteiger charge is 2.20. The lowest BCUT2D eigenvalue weighted by Crippen LogP contribution is -2.25. The topological polar surface area (TPSA) is 105 Å². The van der Waals surface area contributed by atoms with Crippen molar-refractivity contribution in [3.63, 3.8) is 0 Å². The summed E-state index contributed by atoms with van der Waals surface area (Å²) in [6.45, 7) is 3.61. The fourth-order valence-corrected chi connectivity index (χ4v) is 3.82. The SMILES string of the molecule is CCCCCNS(=O)(=O)c1ccc(NCC2CCCO2)c(C(=O)O)c1. The second-order valence-electron chi connectivity index (χ2n) is 6.13. The minimum atomic E-state index is -3.71. The number of nitrogens with one attached hydrogen (secondary N) is 2. The minimum Gasteiger partial charge on any atom is -0.478 e. The van der Waals surface area contributed by atoms with Crippen LogP contribution in [0.1, 0.15) is 49.4 Å². The second kappa shape index (κ2) is 9.17. The predicted octanol–water partition coefficient (Wildman–Crippen LogP) is 2.44. The van der Waals surface area contributed by atoms with Crippen LogP contribution in [0.4, 0.5) is 5.69 Å². The molecule has 1 atom stereocenters. The van der Waals surface area contributed by atoms with Gasteiger partial charge in [0.25, 0.3) is 0 Å². The van der Waals surface area contributed by atoms with Gasteiger partial charge in [-0.05, 0) is 37.5 Å².